The van der Waals surface area contributed by atoms with E-state index in [-0.39, 0.29) is 12.4 Å². The third kappa shape index (κ3) is 4.06. The fourth-order valence-electron chi connectivity index (χ4n) is 3.41. The van der Waals surface area contributed by atoms with Gasteiger partial charge >= 0.3 is 0 Å². The van der Waals surface area contributed by atoms with Crippen LogP contribution in [0.15, 0.2) is 60.7 Å². The second-order valence-electron chi connectivity index (χ2n) is 6.71. The van der Waals surface area contributed by atoms with Crippen molar-refractivity contribution >= 4 is 29.9 Å². The second kappa shape index (κ2) is 8.40. The first kappa shape index (κ1) is 19.2. The van der Waals surface area contributed by atoms with Crippen molar-refractivity contribution in [3.63, 3.8) is 0 Å². The van der Waals surface area contributed by atoms with Crippen LogP contribution in [0.5, 0.6) is 0 Å². The van der Waals surface area contributed by atoms with Gasteiger partial charge in [-0.25, -0.2) is 4.98 Å². The minimum absolute atomic E-state index is 0. The Hall–Kier alpha value is -2.59. The third-order valence-electron chi connectivity index (χ3n) is 5.02. The summed E-state index contributed by atoms with van der Waals surface area (Å²) in [6.45, 7) is 3.97. The van der Waals surface area contributed by atoms with Gasteiger partial charge in [-0.15, -0.1) is 12.4 Å². The van der Waals surface area contributed by atoms with E-state index in [1.165, 1.54) is 11.1 Å². The van der Waals surface area contributed by atoms with E-state index >= 15 is 0 Å². The lowest BCUT2D eigenvalue weighted by molar-refractivity contribution is 0.703. The molecule has 0 unspecified atom stereocenters. The van der Waals surface area contributed by atoms with Crippen molar-refractivity contribution in [1.29, 1.82) is 0 Å². The van der Waals surface area contributed by atoms with E-state index < -0.39 is 0 Å². The molecule has 4 nitrogen and oxygen atoms in total. The average molecular weight is 381 g/mol. The van der Waals surface area contributed by atoms with Crippen molar-refractivity contribution in [3.05, 3.63) is 77.5 Å². The van der Waals surface area contributed by atoms with E-state index in [1.807, 2.05) is 6.07 Å². The second-order valence-corrected chi connectivity index (χ2v) is 6.71. The predicted octanol–water partition coefficient (Wildman–Crippen LogP) is 4.79. The molecule has 0 radical (unpaired) electrons. The van der Waals surface area contributed by atoms with E-state index in [2.05, 4.69) is 78.4 Å². The molecule has 0 saturated heterocycles. The lowest BCUT2D eigenvalue weighted by atomic mass is 10.0. The molecule has 0 saturated carbocycles. The lowest BCUT2D eigenvalue weighted by Crippen LogP contribution is -2.32. The summed E-state index contributed by atoms with van der Waals surface area (Å²) in [5.74, 6) is 1.77. The molecule has 0 N–H and O–H groups in total. The Morgan fingerprint density at radius 3 is 2.41 bits per heavy atom. The molecule has 4 rings (SSSR count). The lowest BCUT2D eigenvalue weighted by Gasteiger charge is -2.30. The molecule has 2 heterocycles. The topological polar surface area (TPSA) is 32.3 Å². The van der Waals surface area contributed by atoms with Crippen LogP contribution in [0.1, 0.15) is 23.7 Å². The van der Waals surface area contributed by atoms with E-state index in [0.717, 1.165) is 49.1 Å². The van der Waals surface area contributed by atoms with E-state index in [0.29, 0.717) is 0 Å². The average Bonchev–Trinajstić information content (AvgIpc) is 2.73. The molecule has 0 spiro atoms. The summed E-state index contributed by atoms with van der Waals surface area (Å²) in [5, 5.41) is 0. The van der Waals surface area contributed by atoms with Gasteiger partial charge in [-0.3, -0.25) is 0 Å². The van der Waals surface area contributed by atoms with E-state index in [4.69, 9.17) is 9.97 Å². The molecule has 0 fully saturated rings. The summed E-state index contributed by atoms with van der Waals surface area (Å²) < 4.78 is 0. The largest absolute Gasteiger partial charge is 0.336 e. The summed E-state index contributed by atoms with van der Waals surface area (Å²) in [7, 11) is 2.06. The van der Waals surface area contributed by atoms with Gasteiger partial charge in [-0.2, -0.15) is 4.98 Å². The summed E-state index contributed by atoms with van der Waals surface area (Å²) in [6.07, 6.45) is 1.94. The van der Waals surface area contributed by atoms with Crippen molar-refractivity contribution in [1.82, 2.24) is 9.97 Å². The monoisotopic (exact) mass is 380 g/mol. The number of aryl methyl sites for hydroxylation is 1. The zero-order valence-corrected chi connectivity index (χ0v) is 16.6. The van der Waals surface area contributed by atoms with E-state index in [1.54, 1.807) is 0 Å². The molecule has 0 aliphatic carbocycles. The van der Waals surface area contributed by atoms with Crippen molar-refractivity contribution in [2.75, 3.05) is 23.4 Å². The fourth-order valence-corrected chi connectivity index (χ4v) is 3.41. The molecule has 5 heteroatoms. The molecule has 1 aliphatic heterocycles. The Morgan fingerprint density at radius 2 is 1.67 bits per heavy atom. The Balaban J connectivity index is 0.00000210. The minimum Gasteiger partial charge on any atom is -0.336 e. The van der Waals surface area contributed by atoms with Gasteiger partial charge in [0.05, 0.1) is 0 Å². The molecule has 0 atom stereocenters. The summed E-state index contributed by atoms with van der Waals surface area (Å²) >= 11 is 0. The Morgan fingerprint density at radius 1 is 0.963 bits per heavy atom. The maximum Gasteiger partial charge on any atom is 0.227 e. The summed E-state index contributed by atoms with van der Waals surface area (Å²) in [6, 6.07) is 21.1. The zero-order chi connectivity index (χ0) is 17.9. The highest BCUT2D eigenvalue weighted by atomic mass is 35.5. The highest BCUT2D eigenvalue weighted by molar-refractivity contribution is 5.85. The number of fused-ring (bicyclic) bond motifs is 1. The van der Waals surface area contributed by atoms with Gasteiger partial charge in [0, 0.05) is 37.6 Å². The number of rotatable bonds is 4. The fraction of sp³-hybridized carbons (Fsp3) is 0.273. The predicted molar refractivity (Wildman–Crippen MR) is 114 cm³/mol. The van der Waals surface area contributed by atoms with Gasteiger partial charge in [-0.1, -0.05) is 49.4 Å². The van der Waals surface area contributed by atoms with Gasteiger partial charge in [0.25, 0.3) is 0 Å². The van der Waals surface area contributed by atoms with Crippen LogP contribution in [0.4, 0.5) is 17.5 Å². The van der Waals surface area contributed by atoms with Gasteiger partial charge in [0.1, 0.15) is 5.82 Å². The molecule has 1 aliphatic rings. The van der Waals surface area contributed by atoms with Crippen LogP contribution < -0.4 is 9.80 Å². The third-order valence-corrected chi connectivity index (χ3v) is 5.02. The van der Waals surface area contributed by atoms with Gasteiger partial charge < -0.3 is 9.80 Å². The Bertz CT molecular complexity index is 898. The molecule has 2 aromatic carbocycles. The standard InChI is InChI=1S/C22H24N4.ClH/c1-3-19-15-21(25(2)20-11-5-4-6-12-20)24-22(23-19)26-14-13-17-9-7-8-10-18(17)16-26;/h4-12,15H,3,13-14,16H2,1-2H3;1H. The highest BCUT2D eigenvalue weighted by Gasteiger charge is 2.20. The quantitative estimate of drug-likeness (QED) is 0.651. The number of halogens is 1. The SMILES string of the molecule is CCc1cc(N(C)c2ccccc2)nc(N2CCc3ccccc3C2)n1.Cl. The van der Waals surface area contributed by atoms with Gasteiger partial charge in [-0.05, 0) is 36.1 Å². The number of hydrogen-bond donors (Lipinski definition) is 0. The molecule has 0 bridgehead atoms. The summed E-state index contributed by atoms with van der Waals surface area (Å²) in [5.41, 5.74) is 5.02. The molecule has 1 aromatic heterocycles. The number of hydrogen-bond acceptors (Lipinski definition) is 4. The Labute approximate surface area is 167 Å². The van der Waals surface area contributed by atoms with Crippen molar-refractivity contribution < 1.29 is 0 Å². The van der Waals surface area contributed by atoms with Crippen LogP contribution in [0.2, 0.25) is 0 Å². The number of aromatic nitrogens is 2. The zero-order valence-electron chi connectivity index (χ0n) is 15.8. The molecule has 0 amide bonds. The van der Waals surface area contributed by atoms with Crippen LogP contribution in [0.3, 0.4) is 0 Å². The van der Waals surface area contributed by atoms with Crippen LogP contribution >= 0.6 is 12.4 Å². The first-order chi connectivity index (χ1) is 12.7. The number of nitrogens with zero attached hydrogens (tertiary/aromatic N) is 4. The number of para-hydroxylation sites is 1. The minimum atomic E-state index is 0. The van der Waals surface area contributed by atoms with E-state index in [9.17, 15) is 0 Å². The normalized spacial score (nSPS) is 12.9. The first-order valence-corrected chi connectivity index (χ1v) is 9.23. The van der Waals surface area contributed by atoms with Crippen LogP contribution in [-0.4, -0.2) is 23.6 Å². The number of anilines is 3. The van der Waals surface area contributed by atoms with Crippen molar-refractivity contribution in [2.24, 2.45) is 0 Å². The molecular formula is C22H25ClN4. The maximum absolute atomic E-state index is 4.89. The number of benzene rings is 2. The Kier molecular flexibility index (Phi) is 5.97. The smallest absolute Gasteiger partial charge is 0.227 e. The van der Waals surface area contributed by atoms with Crippen LogP contribution in [0.25, 0.3) is 0 Å². The molecule has 3 aromatic rings. The van der Waals surface area contributed by atoms with Gasteiger partial charge in [0.15, 0.2) is 0 Å². The van der Waals surface area contributed by atoms with Crippen molar-refractivity contribution in [3.8, 4) is 0 Å². The molecular weight excluding hydrogens is 356 g/mol. The van der Waals surface area contributed by atoms with Crippen LogP contribution in [0, 0.1) is 0 Å². The summed E-state index contributed by atoms with van der Waals surface area (Å²) in [4.78, 5) is 14.1. The van der Waals surface area contributed by atoms with Crippen molar-refractivity contribution in [2.45, 2.75) is 26.3 Å². The van der Waals surface area contributed by atoms with Gasteiger partial charge in [0.2, 0.25) is 5.95 Å². The molecule has 27 heavy (non-hydrogen) atoms. The first-order valence-electron chi connectivity index (χ1n) is 9.23. The maximum atomic E-state index is 4.89. The highest BCUT2D eigenvalue weighted by Crippen LogP contribution is 2.27. The van der Waals surface area contributed by atoms with Crippen LogP contribution in [-0.2, 0) is 19.4 Å². The molecule has 140 valence electrons.